The van der Waals surface area contributed by atoms with Crippen LogP contribution in [0.25, 0.3) is 0 Å². The van der Waals surface area contributed by atoms with Crippen LogP contribution in [0.4, 0.5) is 0 Å². The molecule has 0 saturated carbocycles. The van der Waals surface area contributed by atoms with E-state index in [2.05, 4.69) is 20.7 Å². The standard InChI is InChI=1S/C19H20N6O2/c26-18(12-24-7-6-20-13-24)22-15-8-16-9-17(23-25(16)11-15)19(27)21-10-14-4-2-1-3-5-14/h1-7,9,13,15H,8,10-12H2,(H,21,27)(H,22,26)/t15-/m0/s1. The first kappa shape index (κ1) is 17.0. The summed E-state index contributed by atoms with van der Waals surface area (Å²) in [5.41, 5.74) is 2.40. The molecule has 0 spiro atoms. The van der Waals surface area contributed by atoms with Gasteiger partial charge in [-0.05, 0) is 11.6 Å². The van der Waals surface area contributed by atoms with Gasteiger partial charge in [0.25, 0.3) is 5.91 Å². The molecule has 0 fully saturated rings. The molecule has 2 N–H and O–H groups in total. The van der Waals surface area contributed by atoms with E-state index in [9.17, 15) is 9.59 Å². The maximum absolute atomic E-state index is 12.3. The number of nitrogens with one attached hydrogen (secondary N) is 2. The Morgan fingerprint density at radius 3 is 2.81 bits per heavy atom. The SMILES string of the molecule is O=C(Cn1ccnc1)N[C@H]1Cc2cc(C(=O)NCc3ccccc3)nn2C1. The number of nitrogens with zero attached hydrogens (tertiary/aromatic N) is 4. The number of rotatable bonds is 6. The lowest BCUT2D eigenvalue weighted by molar-refractivity contribution is -0.122. The van der Waals surface area contributed by atoms with Gasteiger partial charge in [0.1, 0.15) is 12.2 Å². The average Bonchev–Trinajstić information content (AvgIpc) is 3.37. The molecule has 2 amide bonds. The molecule has 1 aliphatic rings. The molecule has 0 saturated heterocycles. The van der Waals surface area contributed by atoms with Crippen LogP contribution in [-0.4, -0.2) is 37.2 Å². The first-order valence-corrected chi connectivity index (χ1v) is 8.81. The van der Waals surface area contributed by atoms with Crippen molar-refractivity contribution in [3.63, 3.8) is 0 Å². The van der Waals surface area contributed by atoms with Gasteiger partial charge in [-0.25, -0.2) is 4.98 Å². The van der Waals surface area contributed by atoms with Crippen LogP contribution < -0.4 is 10.6 Å². The zero-order valence-electron chi connectivity index (χ0n) is 14.7. The number of aromatic nitrogens is 4. The molecule has 3 aromatic rings. The van der Waals surface area contributed by atoms with E-state index in [1.54, 1.807) is 34.0 Å². The van der Waals surface area contributed by atoms with Gasteiger partial charge in [0.15, 0.2) is 0 Å². The Kier molecular flexibility index (Phi) is 4.69. The molecule has 8 nitrogen and oxygen atoms in total. The Morgan fingerprint density at radius 2 is 2.07 bits per heavy atom. The van der Waals surface area contributed by atoms with Gasteiger partial charge >= 0.3 is 0 Å². The van der Waals surface area contributed by atoms with Gasteiger partial charge in [-0.15, -0.1) is 0 Å². The summed E-state index contributed by atoms with van der Waals surface area (Å²) >= 11 is 0. The average molecular weight is 364 g/mol. The smallest absolute Gasteiger partial charge is 0.272 e. The number of carbonyl (C=O) groups excluding carboxylic acids is 2. The highest BCUT2D eigenvalue weighted by Crippen LogP contribution is 2.16. The number of carbonyl (C=O) groups is 2. The van der Waals surface area contributed by atoms with E-state index in [4.69, 9.17) is 0 Å². The van der Waals surface area contributed by atoms with E-state index in [0.717, 1.165) is 11.3 Å². The predicted octanol–water partition coefficient (Wildman–Crippen LogP) is 0.751. The lowest BCUT2D eigenvalue weighted by Crippen LogP contribution is -2.38. The molecule has 0 aliphatic carbocycles. The zero-order valence-corrected chi connectivity index (χ0v) is 14.7. The topological polar surface area (TPSA) is 93.8 Å². The number of amides is 2. The largest absolute Gasteiger partial charge is 0.350 e. The summed E-state index contributed by atoms with van der Waals surface area (Å²) in [5, 5.41) is 10.2. The summed E-state index contributed by atoms with van der Waals surface area (Å²) in [5.74, 6) is -0.258. The fraction of sp³-hybridized carbons (Fsp3) is 0.263. The molecular formula is C19H20N6O2. The molecule has 0 unspecified atom stereocenters. The summed E-state index contributed by atoms with van der Waals surface area (Å²) in [6.45, 7) is 1.28. The Hall–Kier alpha value is -3.42. The number of benzene rings is 1. The zero-order chi connectivity index (χ0) is 18.6. The molecule has 1 aliphatic heterocycles. The van der Waals surface area contributed by atoms with Gasteiger partial charge < -0.3 is 15.2 Å². The first-order chi connectivity index (χ1) is 13.2. The summed E-state index contributed by atoms with van der Waals surface area (Å²) in [7, 11) is 0. The van der Waals surface area contributed by atoms with E-state index in [1.165, 1.54) is 0 Å². The lowest BCUT2D eigenvalue weighted by atomic mass is 10.2. The van der Waals surface area contributed by atoms with Crippen molar-refractivity contribution in [1.29, 1.82) is 0 Å². The van der Waals surface area contributed by atoms with Gasteiger partial charge in [-0.3, -0.25) is 14.3 Å². The van der Waals surface area contributed by atoms with E-state index in [1.807, 2.05) is 30.3 Å². The van der Waals surface area contributed by atoms with Crippen molar-refractivity contribution in [1.82, 2.24) is 30.0 Å². The van der Waals surface area contributed by atoms with Crippen molar-refractivity contribution in [2.75, 3.05) is 0 Å². The van der Waals surface area contributed by atoms with Gasteiger partial charge in [-0.2, -0.15) is 5.10 Å². The Bertz CT molecular complexity index is 909. The maximum atomic E-state index is 12.3. The minimum Gasteiger partial charge on any atom is -0.350 e. The van der Waals surface area contributed by atoms with Crippen LogP contribution in [0.1, 0.15) is 21.7 Å². The Morgan fingerprint density at radius 1 is 1.22 bits per heavy atom. The molecule has 2 aromatic heterocycles. The highest BCUT2D eigenvalue weighted by molar-refractivity contribution is 5.92. The fourth-order valence-corrected chi connectivity index (χ4v) is 3.20. The predicted molar refractivity (Wildman–Crippen MR) is 97.7 cm³/mol. The lowest BCUT2D eigenvalue weighted by Gasteiger charge is -2.12. The Labute approximate surface area is 156 Å². The minimum atomic E-state index is -0.193. The molecule has 1 atom stereocenters. The van der Waals surface area contributed by atoms with E-state index >= 15 is 0 Å². The van der Waals surface area contributed by atoms with Gasteiger partial charge in [0.2, 0.25) is 5.91 Å². The normalized spacial score (nSPS) is 15.3. The van der Waals surface area contributed by atoms with Crippen LogP contribution in [-0.2, 0) is 30.8 Å². The van der Waals surface area contributed by atoms with Crippen molar-refractivity contribution in [3.05, 3.63) is 72.1 Å². The highest BCUT2D eigenvalue weighted by Gasteiger charge is 2.26. The molecule has 1 aromatic carbocycles. The van der Waals surface area contributed by atoms with Crippen molar-refractivity contribution < 1.29 is 9.59 Å². The third-order valence-corrected chi connectivity index (χ3v) is 4.49. The number of imidazole rings is 1. The van der Waals surface area contributed by atoms with Crippen LogP contribution in [0.3, 0.4) is 0 Å². The van der Waals surface area contributed by atoms with Crippen LogP contribution in [0.15, 0.2) is 55.1 Å². The third-order valence-electron chi connectivity index (χ3n) is 4.49. The molecule has 4 rings (SSSR count). The third kappa shape index (κ3) is 4.05. The quantitative estimate of drug-likeness (QED) is 0.675. The number of hydrogen-bond donors (Lipinski definition) is 2. The highest BCUT2D eigenvalue weighted by atomic mass is 16.2. The minimum absolute atomic E-state index is 0.00930. The number of hydrogen-bond acceptors (Lipinski definition) is 4. The molecule has 8 heteroatoms. The molecular weight excluding hydrogens is 344 g/mol. The second-order valence-corrected chi connectivity index (χ2v) is 6.57. The van der Waals surface area contributed by atoms with E-state index in [-0.39, 0.29) is 24.4 Å². The monoisotopic (exact) mass is 364 g/mol. The van der Waals surface area contributed by atoms with Crippen molar-refractivity contribution in [3.8, 4) is 0 Å². The number of fused-ring (bicyclic) bond motifs is 1. The summed E-state index contributed by atoms with van der Waals surface area (Å²) in [6, 6.07) is 11.5. The second kappa shape index (κ2) is 7.45. The second-order valence-electron chi connectivity index (χ2n) is 6.57. The molecule has 0 radical (unpaired) electrons. The van der Waals surface area contributed by atoms with Crippen molar-refractivity contribution in [2.45, 2.75) is 32.1 Å². The summed E-state index contributed by atoms with van der Waals surface area (Å²) in [6.07, 6.45) is 5.66. The van der Waals surface area contributed by atoms with Crippen LogP contribution in [0, 0.1) is 0 Å². The van der Waals surface area contributed by atoms with Gasteiger partial charge in [0, 0.05) is 31.1 Å². The van der Waals surface area contributed by atoms with Gasteiger partial charge in [0.05, 0.1) is 18.9 Å². The van der Waals surface area contributed by atoms with Crippen LogP contribution >= 0.6 is 0 Å². The summed E-state index contributed by atoms with van der Waals surface area (Å²) in [4.78, 5) is 28.3. The fourth-order valence-electron chi connectivity index (χ4n) is 3.20. The van der Waals surface area contributed by atoms with E-state index in [0.29, 0.717) is 25.2 Å². The molecule has 3 heterocycles. The van der Waals surface area contributed by atoms with Crippen molar-refractivity contribution in [2.24, 2.45) is 0 Å². The van der Waals surface area contributed by atoms with Crippen LogP contribution in [0.2, 0.25) is 0 Å². The van der Waals surface area contributed by atoms with Gasteiger partial charge in [-0.1, -0.05) is 30.3 Å². The molecule has 0 bridgehead atoms. The van der Waals surface area contributed by atoms with Crippen molar-refractivity contribution >= 4 is 11.8 Å². The Balaban J connectivity index is 1.29. The van der Waals surface area contributed by atoms with E-state index < -0.39 is 0 Å². The summed E-state index contributed by atoms with van der Waals surface area (Å²) < 4.78 is 3.51. The first-order valence-electron chi connectivity index (χ1n) is 8.81. The molecule has 27 heavy (non-hydrogen) atoms. The van der Waals surface area contributed by atoms with Crippen LogP contribution in [0.5, 0.6) is 0 Å². The molecule has 138 valence electrons. The maximum Gasteiger partial charge on any atom is 0.272 e.